The Morgan fingerprint density at radius 1 is 1.40 bits per heavy atom. The van der Waals surface area contributed by atoms with Gasteiger partial charge in [0.15, 0.2) is 9.84 Å². The van der Waals surface area contributed by atoms with Gasteiger partial charge in [0.25, 0.3) is 0 Å². The molecule has 6 heteroatoms. The van der Waals surface area contributed by atoms with Crippen molar-refractivity contribution in [2.75, 3.05) is 12.3 Å². The fraction of sp³-hybridized carbons (Fsp3) is 0.889. The molecule has 1 amide bonds. The van der Waals surface area contributed by atoms with E-state index in [4.69, 9.17) is 5.73 Å². The summed E-state index contributed by atoms with van der Waals surface area (Å²) in [6.45, 7) is 5.30. The van der Waals surface area contributed by atoms with Gasteiger partial charge in [0.1, 0.15) is 5.75 Å². The Morgan fingerprint density at radius 2 is 1.93 bits per heavy atom. The normalized spacial score (nSPS) is 15.7. The predicted octanol–water partition coefficient (Wildman–Crippen LogP) is -0.337. The third kappa shape index (κ3) is 5.13. The molecule has 2 unspecified atom stereocenters. The fourth-order valence-corrected chi connectivity index (χ4v) is 1.92. The molecule has 90 valence electrons. The van der Waals surface area contributed by atoms with Crippen LogP contribution in [0.4, 0.5) is 0 Å². The smallest absolute Gasteiger partial charge is 0.235 e. The molecule has 0 aliphatic carbocycles. The van der Waals surface area contributed by atoms with Crippen molar-refractivity contribution < 1.29 is 13.2 Å². The summed E-state index contributed by atoms with van der Waals surface area (Å²) < 4.78 is 23.0. The standard InChI is InChI=1S/C9H20N2O3S/c1-4-7(2)11-9(12)6-15(13,14)8(3)5-10/h7-8H,4-6,10H2,1-3H3,(H,11,12). The molecule has 0 aliphatic heterocycles. The molecule has 0 spiro atoms. The van der Waals surface area contributed by atoms with E-state index in [9.17, 15) is 13.2 Å². The second-order valence-electron chi connectivity index (χ2n) is 3.73. The van der Waals surface area contributed by atoms with E-state index in [1.807, 2.05) is 13.8 Å². The Bertz CT molecular complexity index is 300. The van der Waals surface area contributed by atoms with Crippen LogP contribution in [-0.2, 0) is 14.6 Å². The zero-order chi connectivity index (χ0) is 12.1. The quantitative estimate of drug-likeness (QED) is 0.660. The summed E-state index contributed by atoms with van der Waals surface area (Å²) in [5.41, 5.74) is 5.25. The monoisotopic (exact) mass is 236 g/mol. The minimum absolute atomic E-state index is 0.000817. The molecule has 0 aromatic rings. The van der Waals surface area contributed by atoms with Gasteiger partial charge in [-0.1, -0.05) is 6.92 Å². The van der Waals surface area contributed by atoms with Crippen LogP contribution in [0.3, 0.4) is 0 Å². The van der Waals surface area contributed by atoms with E-state index in [0.29, 0.717) is 0 Å². The predicted molar refractivity (Wildman–Crippen MR) is 60.2 cm³/mol. The third-order valence-corrected chi connectivity index (χ3v) is 4.38. The van der Waals surface area contributed by atoms with E-state index in [1.165, 1.54) is 6.92 Å². The van der Waals surface area contributed by atoms with E-state index < -0.39 is 26.7 Å². The molecule has 0 fully saturated rings. The largest absolute Gasteiger partial charge is 0.353 e. The maximum Gasteiger partial charge on any atom is 0.235 e. The second kappa shape index (κ2) is 6.07. The van der Waals surface area contributed by atoms with Gasteiger partial charge in [-0.05, 0) is 20.3 Å². The van der Waals surface area contributed by atoms with Gasteiger partial charge in [-0.3, -0.25) is 4.79 Å². The first-order chi connectivity index (χ1) is 6.83. The number of carbonyl (C=O) groups is 1. The van der Waals surface area contributed by atoms with Crippen LogP contribution in [0.5, 0.6) is 0 Å². The molecular formula is C9H20N2O3S. The summed E-state index contributed by atoms with van der Waals surface area (Å²) in [6.07, 6.45) is 0.776. The third-order valence-electron chi connectivity index (χ3n) is 2.30. The van der Waals surface area contributed by atoms with Crippen molar-refractivity contribution in [3.63, 3.8) is 0 Å². The van der Waals surface area contributed by atoms with E-state index >= 15 is 0 Å². The molecular weight excluding hydrogens is 216 g/mol. The first-order valence-electron chi connectivity index (χ1n) is 5.04. The average molecular weight is 236 g/mol. The van der Waals surface area contributed by atoms with Crippen molar-refractivity contribution in [1.29, 1.82) is 0 Å². The first-order valence-corrected chi connectivity index (χ1v) is 6.76. The maximum absolute atomic E-state index is 11.5. The van der Waals surface area contributed by atoms with Crippen LogP contribution in [0.15, 0.2) is 0 Å². The highest BCUT2D eigenvalue weighted by Crippen LogP contribution is 2.00. The molecule has 15 heavy (non-hydrogen) atoms. The van der Waals surface area contributed by atoms with Crippen molar-refractivity contribution >= 4 is 15.7 Å². The second-order valence-corrected chi connectivity index (χ2v) is 6.15. The van der Waals surface area contributed by atoms with Gasteiger partial charge in [0.2, 0.25) is 5.91 Å². The van der Waals surface area contributed by atoms with Crippen LogP contribution in [0, 0.1) is 0 Å². The van der Waals surface area contributed by atoms with Gasteiger partial charge in [-0.15, -0.1) is 0 Å². The van der Waals surface area contributed by atoms with Gasteiger partial charge in [0.05, 0.1) is 5.25 Å². The molecule has 2 atom stereocenters. The van der Waals surface area contributed by atoms with Crippen molar-refractivity contribution in [2.45, 2.75) is 38.5 Å². The Hall–Kier alpha value is -0.620. The summed E-state index contributed by atoms with van der Waals surface area (Å²) in [7, 11) is -3.40. The molecule has 0 aromatic heterocycles. The summed E-state index contributed by atoms with van der Waals surface area (Å²) in [5, 5.41) is 1.94. The molecule has 0 aliphatic rings. The van der Waals surface area contributed by atoms with Crippen LogP contribution in [-0.4, -0.2) is 37.9 Å². The van der Waals surface area contributed by atoms with Crippen molar-refractivity contribution in [2.24, 2.45) is 5.73 Å². The lowest BCUT2D eigenvalue weighted by molar-refractivity contribution is -0.119. The van der Waals surface area contributed by atoms with Gasteiger partial charge >= 0.3 is 0 Å². The van der Waals surface area contributed by atoms with E-state index in [1.54, 1.807) is 0 Å². The van der Waals surface area contributed by atoms with Crippen molar-refractivity contribution in [3.8, 4) is 0 Å². The van der Waals surface area contributed by atoms with Gasteiger partial charge < -0.3 is 11.1 Å². The van der Waals surface area contributed by atoms with Crippen LogP contribution < -0.4 is 11.1 Å². The Labute approximate surface area is 91.3 Å². The van der Waals surface area contributed by atoms with Crippen LogP contribution >= 0.6 is 0 Å². The molecule has 3 N–H and O–H groups in total. The Balaban J connectivity index is 4.29. The summed E-state index contributed by atoms with van der Waals surface area (Å²) in [6, 6.07) is 0.000817. The minimum Gasteiger partial charge on any atom is -0.353 e. The van der Waals surface area contributed by atoms with Gasteiger partial charge in [0, 0.05) is 12.6 Å². The number of hydrogen-bond donors (Lipinski definition) is 2. The lowest BCUT2D eigenvalue weighted by Gasteiger charge is -2.13. The fourth-order valence-electron chi connectivity index (χ4n) is 0.890. The zero-order valence-corrected chi connectivity index (χ0v) is 10.3. The number of nitrogens with two attached hydrogens (primary N) is 1. The molecule has 0 bridgehead atoms. The molecule has 0 heterocycles. The van der Waals surface area contributed by atoms with Crippen LogP contribution in [0.1, 0.15) is 27.2 Å². The summed E-state index contributed by atoms with van der Waals surface area (Å²) >= 11 is 0. The Kier molecular flexibility index (Phi) is 5.82. The lowest BCUT2D eigenvalue weighted by atomic mass is 10.3. The van der Waals surface area contributed by atoms with Gasteiger partial charge in [-0.2, -0.15) is 0 Å². The van der Waals surface area contributed by atoms with Crippen molar-refractivity contribution in [3.05, 3.63) is 0 Å². The Morgan fingerprint density at radius 3 is 2.33 bits per heavy atom. The number of amides is 1. The average Bonchev–Trinajstić information content (AvgIpc) is 2.15. The lowest BCUT2D eigenvalue weighted by Crippen LogP contribution is -2.40. The molecule has 5 nitrogen and oxygen atoms in total. The SMILES string of the molecule is CCC(C)NC(=O)CS(=O)(=O)C(C)CN. The zero-order valence-electron chi connectivity index (χ0n) is 9.49. The molecule has 0 radical (unpaired) electrons. The summed E-state index contributed by atoms with van der Waals surface area (Å²) in [4.78, 5) is 11.3. The number of carbonyl (C=O) groups excluding carboxylic acids is 1. The molecule has 0 saturated carbocycles. The minimum atomic E-state index is -3.40. The van der Waals surface area contributed by atoms with E-state index in [0.717, 1.165) is 6.42 Å². The van der Waals surface area contributed by atoms with E-state index in [-0.39, 0.29) is 12.6 Å². The van der Waals surface area contributed by atoms with Crippen LogP contribution in [0.2, 0.25) is 0 Å². The molecule has 0 aromatic carbocycles. The number of nitrogens with one attached hydrogen (secondary N) is 1. The maximum atomic E-state index is 11.5. The number of hydrogen-bond acceptors (Lipinski definition) is 4. The first kappa shape index (κ1) is 14.4. The van der Waals surface area contributed by atoms with Crippen molar-refractivity contribution in [1.82, 2.24) is 5.32 Å². The highest BCUT2D eigenvalue weighted by molar-refractivity contribution is 7.92. The molecule has 0 rings (SSSR count). The van der Waals surface area contributed by atoms with Crippen LogP contribution in [0.25, 0.3) is 0 Å². The topological polar surface area (TPSA) is 89.3 Å². The number of sulfone groups is 1. The highest BCUT2D eigenvalue weighted by Gasteiger charge is 2.23. The van der Waals surface area contributed by atoms with E-state index in [2.05, 4.69) is 5.32 Å². The molecule has 0 saturated heterocycles. The number of rotatable bonds is 6. The van der Waals surface area contributed by atoms with Gasteiger partial charge in [-0.25, -0.2) is 8.42 Å². The highest BCUT2D eigenvalue weighted by atomic mass is 32.2. The summed E-state index contributed by atoms with van der Waals surface area (Å²) in [5.74, 6) is -0.931.